The van der Waals surface area contributed by atoms with Crippen LogP contribution < -0.4 is 5.56 Å². The molecule has 1 aromatic carbocycles. The Hall–Kier alpha value is -1.69. The lowest BCUT2D eigenvalue weighted by Gasteiger charge is -2.04. The minimum Gasteiger partial charge on any atom is -0.478 e. The maximum Gasteiger partial charge on any atom is 0.337 e. The highest BCUT2D eigenvalue weighted by Gasteiger charge is 2.17. The summed E-state index contributed by atoms with van der Waals surface area (Å²) in [5.74, 6) is -1.95. The van der Waals surface area contributed by atoms with Gasteiger partial charge in [0.05, 0.1) is 15.6 Å². The number of benzene rings is 1. The number of fused-ring (bicyclic) bond motifs is 1. The minimum absolute atomic E-state index is 0.104. The summed E-state index contributed by atoms with van der Waals surface area (Å²) >= 11 is 2.88. The van der Waals surface area contributed by atoms with Crippen LogP contribution in [0.25, 0.3) is 10.9 Å². The van der Waals surface area contributed by atoms with Crippen molar-refractivity contribution < 1.29 is 14.3 Å². The van der Waals surface area contributed by atoms with E-state index in [0.29, 0.717) is 0 Å². The summed E-state index contributed by atoms with van der Waals surface area (Å²) in [6.07, 6.45) is 0. The Morgan fingerprint density at radius 2 is 2.12 bits per heavy atom. The number of hydrogen-bond donors (Lipinski definition) is 2. The first-order valence-electron chi connectivity index (χ1n) is 4.25. The molecule has 2 aromatic rings. The van der Waals surface area contributed by atoms with E-state index in [2.05, 4.69) is 20.9 Å². The van der Waals surface area contributed by atoms with Crippen molar-refractivity contribution in [3.63, 3.8) is 0 Å². The van der Waals surface area contributed by atoms with E-state index in [1.165, 1.54) is 12.1 Å². The molecular formula is C10H5BrFNO3. The van der Waals surface area contributed by atoms with Crippen molar-refractivity contribution in [2.24, 2.45) is 0 Å². The predicted molar refractivity (Wildman–Crippen MR) is 59.2 cm³/mol. The number of carboxylic acid groups (broad SMARTS) is 1. The molecule has 2 rings (SSSR count). The Morgan fingerprint density at radius 1 is 1.44 bits per heavy atom. The molecule has 0 bridgehead atoms. The van der Waals surface area contributed by atoms with Gasteiger partial charge in [0.1, 0.15) is 5.82 Å². The van der Waals surface area contributed by atoms with Crippen LogP contribution in [0, 0.1) is 5.82 Å². The summed E-state index contributed by atoms with van der Waals surface area (Å²) in [5, 5.41) is 9.13. The van der Waals surface area contributed by atoms with Crippen LogP contribution in [0.3, 0.4) is 0 Å². The van der Waals surface area contributed by atoms with Gasteiger partial charge in [-0.25, -0.2) is 9.18 Å². The Labute approximate surface area is 96.8 Å². The van der Waals surface area contributed by atoms with E-state index in [1.807, 2.05) is 0 Å². The second-order valence-corrected chi connectivity index (χ2v) is 3.90. The zero-order chi connectivity index (χ0) is 11.9. The fourth-order valence-electron chi connectivity index (χ4n) is 1.47. The van der Waals surface area contributed by atoms with Crippen LogP contribution in [0.4, 0.5) is 4.39 Å². The zero-order valence-electron chi connectivity index (χ0n) is 7.75. The third kappa shape index (κ3) is 1.51. The van der Waals surface area contributed by atoms with Crippen LogP contribution in [-0.4, -0.2) is 16.1 Å². The summed E-state index contributed by atoms with van der Waals surface area (Å²) in [5.41, 5.74) is -1.01. The number of nitrogens with one attached hydrogen (secondary N) is 1. The number of aromatic amines is 1. The van der Waals surface area contributed by atoms with Crippen molar-refractivity contribution in [2.75, 3.05) is 0 Å². The zero-order valence-corrected chi connectivity index (χ0v) is 9.34. The Bertz CT molecular complexity index is 650. The van der Waals surface area contributed by atoms with Crippen LogP contribution in [0.5, 0.6) is 0 Å². The molecule has 0 aliphatic rings. The topological polar surface area (TPSA) is 70.2 Å². The molecule has 2 N–H and O–H groups in total. The number of pyridine rings is 1. The lowest BCUT2D eigenvalue weighted by atomic mass is 10.1. The number of halogens is 2. The average Bonchev–Trinajstić information content (AvgIpc) is 2.21. The lowest BCUT2D eigenvalue weighted by Crippen LogP contribution is -2.14. The molecule has 1 aromatic heterocycles. The third-order valence-electron chi connectivity index (χ3n) is 2.15. The fourth-order valence-corrected chi connectivity index (χ4v) is 1.95. The van der Waals surface area contributed by atoms with Crippen molar-refractivity contribution in [3.05, 3.63) is 44.4 Å². The van der Waals surface area contributed by atoms with Gasteiger partial charge in [0.25, 0.3) is 5.56 Å². The summed E-state index contributed by atoms with van der Waals surface area (Å²) in [6.45, 7) is 0. The molecule has 0 aliphatic carbocycles. The highest BCUT2D eigenvalue weighted by molar-refractivity contribution is 9.10. The number of aromatic nitrogens is 1. The average molecular weight is 286 g/mol. The van der Waals surface area contributed by atoms with Gasteiger partial charge < -0.3 is 10.1 Å². The number of para-hydroxylation sites is 1. The highest BCUT2D eigenvalue weighted by atomic mass is 79.9. The van der Waals surface area contributed by atoms with Crippen molar-refractivity contribution in [1.29, 1.82) is 0 Å². The van der Waals surface area contributed by atoms with Crippen molar-refractivity contribution in [2.45, 2.75) is 0 Å². The smallest absolute Gasteiger partial charge is 0.337 e. The van der Waals surface area contributed by atoms with Gasteiger partial charge in [-0.1, -0.05) is 12.1 Å². The number of H-pyrrole nitrogens is 1. The van der Waals surface area contributed by atoms with E-state index in [0.717, 1.165) is 6.07 Å². The first-order chi connectivity index (χ1) is 7.52. The van der Waals surface area contributed by atoms with E-state index in [9.17, 15) is 14.0 Å². The van der Waals surface area contributed by atoms with Crippen molar-refractivity contribution >= 4 is 32.8 Å². The van der Waals surface area contributed by atoms with Gasteiger partial charge in [-0.3, -0.25) is 4.79 Å². The van der Waals surface area contributed by atoms with Crippen molar-refractivity contribution in [3.8, 4) is 0 Å². The quantitative estimate of drug-likeness (QED) is 0.843. The molecule has 0 saturated heterocycles. The molecule has 0 radical (unpaired) electrons. The number of hydrogen-bond acceptors (Lipinski definition) is 2. The van der Waals surface area contributed by atoms with E-state index >= 15 is 0 Å². The van der Waals surface area contributed by atoms with Gasteiger partial charge in [-0.05, 0) is 22.0 Å². The maximum absolute atomic E-state index is 13.4. The molecule has 1 heterocycles. The second kappa shape index (κ2) is 3.71. The molecule has 0 aliphatic heterocycles. The molecule has 16 heavy (non-hydrogen) atoms. The first kappa shape index (κ1) is 10.8. The van der Waals surface area contributed by atoms with Crippen LogP contribution in [0.2, 0.25) is 0 Å². The Balaban J connectivity index is 3.07. The Morgan fingerprint density at radius 3 is 2.75 bits per heavy atom. The number of carbonyl (C=O) groups is 1. The SMILES string of the molecule is O=C(O)c1c(Br)c(=O)[nH]c2c(F)cccc12. The van der Waals surface area contributed by atoms with E-state index in [4.69, 9.17) is 5.11 Å². The number of carboxylic acids is 1. The fraction of sp³-hybridized carbons (Fsp3) is 0. The molecule has 0 amide bonds. The monoisotopic (exact) mass is 285 g/mol. The predicted octanol–water partition coefficient (Wildman–Crippen LogP) is 2.13. The van der Waals surface area contributed by atoms with Crippen LogP contribution >= 0.6 is 15.9 Å². The molecule has 0 atom stereocenters. The lowest BCUT2D eigenvalue weighted by molar-refractivity contribution is 0.0698. The summed E-state index contributed by atoms with van der Waals surface area (Å²) in [7, 11) is 0. The summed E-state index contributed by atoms with van der Waals surface area (Å²) < 4.78 is 13.3. The molecule has 82 valence electrons. The molecular weight excluding hydrogens is 281 g/mol. The van der Waals surface area contributed by atoms with E-state index < -0.39 is 17.3 Å². The maximum atomic E-state index is 13.4. The van der Waals surface area contributed by atoms with Gasteiger partial charge in [-0.15, -0.1) is 0 Å². The van der Waals surface area contributed by atoms with Gasteiger partial charge in [-0.2, -0.15) is 0 Å². The van der Waals surface area contributed by atoms with Gasteiger partial charge in [0.15, 0.2) is 0 Å². The highest BCUT2D eigenvalue weighted by Crippen LogP contribution is 2.23. The molecule has 6 heteroatoms. The van der Waals surface area contributed by atoms with Crippen LogP contribution in [-0.2, 0) is 0 Å². The summed E-state index contributed by atoms with van der Waals surface area (Å²) in [6, 6.07) is 3.97. The first-order valence-corrected chi connectivity index (χ1v) is 5.05. The molecule has 0 unspecified atom stereocenters. The minimum atomic E-state index is -1.28. The van der Waals surface area contributed by atoms with E-state index in [1.54, 1.807) is 0 Å². The van der Waals surface area contributed by atoms with Crippen molar-refractivity contribution in [1.82, 2.24) is 4.98 Å². The van der Waals surface area contributed by atoms with Crippen LogP contribution in [0.15, 0.2) is 27.5 Å². The largest absolute Gasteiger partial charge is 0.478 e. The van der Waals surface area contributed by atoms with E-state index in [-0.39, 0.29) is 20.9 Å². The molecule has 4 nitrogen and oxygen atoms in total. The molecule has 0 saturated carbocycles. The standard InChI is InChI=1S/C10H5BrFNO3/c11-7-6(10(15)16)4-2-1-3-5(12)8(4)13-9(7)14/h1-3H,(H,13,14)(H,15,16). The second-order valence-electron chi connectivity index (χ2n) is 3.11. The Kier molecular flexibility index (Phi) is 2.51. The third-order valence-corrected chi connectivity index (χ3v) is 2.91. The molecule has 0 spiro atoms. The van der Waals surface area contributed by atoms with Gasteiger partial charge in [0.2, 0.25) is 0 Å². The molecule has 0 fully saturated rings. The normalized spacial score (nSPS) is 10.6. The summed E-state index contributed by atoms with van der Waals surface area (Å²) in [4.78, 5) is 24.7. The van der Waals surface area contributed by atoms with Gasteiger partial charge >= 0.3 is 5.97 Å². The number of aromatic carboxylic acids is 1. The van der Waals surface area contributed by atoms with Crippen LogP contribution in [0.1, 0.15) is 10.4 Å². The number of rotatable bonds is 1. The van der Waals surface area contributed by atoms with Gasteiger partial charge in [0, 0.05) is 5.39 Å².